The number of halogens is 1. The number of hydrogen-bond acceptors (Lipinski definition) is 5. The molecule has 6 heteroatoms. The first kappa shape index (κ1) is 16.4. The summed E-state index contributed by atoms with van der Waals surface area (Å²) >= 11 is 4.85. The van der Waals surface area contributed by atoms with Gasteiger partial charge < -0.3 is 0 Å². The SMILES string of the molecule is Cc1ccc(N/N=C(/C#N)c2nc(-c3cccc(Br)c3)cs2)cc1. The molecule has 0 saturated heterocycles. The van der Waals surface area contributed by atoms with Gasteiger partial charge in [0.05, 0.1) is 11.4 Å². The maximum Gasteiger partial charge on any atom is 0.196 e. The molecule has 118 valence electrons. The molecule has 1 aromatic heterocycles. The molecule has 0 bridgehead atoms. The third-order valence-electron chi connectivity index (χ3n) is 3.28. The number of nitrogens with one attached hydrogen (secondary N) is 1. The molecule has 0 amide bonds. The van der Waals surface area contributed by atoms with Gasteiger partial charge >= 0.3 is 0 Å². The minimum absolute atomic E-state index is 0.266. The van der Waals surface area contributed by atoms with Crippen LogP contribution in [0.1, 0.15) is 10.6 Å². The number of benzene rings is 2. The molecule has 3 aromatic rings. The van der Waals surface area contributed by atoms with E-state index in [1.165, 1.54) is 16.9 Å². The van der Waals surface area contributed by atoms with Gasteiger partial charge in [0.2, 0.25) is 0 Å². The zero-order valence-corrected chi connectivity index (χ0v) is 15.2. The van der Waals surface area contributed by atoms with Gasteiger partial charge in [0, 0.05) is 15.4 Å². The van der Waals surface area contributed by atoms with Crippen LogP contribution in [0.25, 0.3) is 11.3 Å². The first-order chi connectivity index (χ1) is 11.7. The molecule has 0 spiro atoms. The third-order valence-corrected chi connectivity index (χ3v) is 4.62. The lowest BCUT2D eigenvalue weighted by atomic mass is 10.2. The summed E-state index contributed by atoms with van der Waals surface area (Å²) in [4.78, 5) is 4.52. The Bertz CT molecular complexity index is 923. The van der Waals surface area contributed by atoms with Gasteiger partial charge in [0.15, 0.2) is 10.7 Å². The van der Waals surface area contributed by atoms with Crippen LogP contribution in [0, 0.1) is 18.3 Å². The standard InChI is InChI=1S/C18H13BrN4S/c1-12-5-7-15(8-6-12)22-23-16(10-20)18-21-17(11-24-18)13-3-2-4-14(19)9-13/h2-9,11,22H,1H3/b23-16-. The van der Waals surface area contributed by atoms with Crippen LogP contribution in [0.4, 0.5) is 5.69 Å². The number of aryl methyl sites for hydroxylation is 1. The highest BCUT2D eigenvalue weighted by atomic mass is 79.9. The molecule has 0 aliphatic rings. The molecule has 3 rings (SSSR count). The molecule has 0 unspecified atom stereocenters. The summed E-state index contributed by atoms with van der Waals surface area (Å²) in [6.45, 7) is 2.02. The van der Waals surface area contributed by atoms with Crippen LogP contribution in [0.2, 0.25) is 0 Å². The molecule has 1 N–H and O–H groups in total. The monoisotopic (exact) mass is 396 g/mol. The van der Waals surface area contributed by atoms with E-state index in [0.29, 0.717) is 5.01 Å². The number of aromatic nitrogens is 1. The minimum atomic E-state index is 0.266. The van der Waals surface area contributed by atoms with Crippen molar-refractivity contribution in [1.82, 2.24) is 4.98 Å². The quantitative estimate of drug-likeness (QED) is 0.485. The van der Waals surface area contributed by atoms with Crippen LogP contribution in [0.15, 0.2) is 63.5 Å². The van der Waals surface area contributed by atoms with E-state index in [-0.39, 0.29) is 5.71 Å². The second kappa shape index (κ2) is 7.39. The van der Waals surface area contributed by atoms with E-state index >= 15 is 0 Å². The molecule has 0 fully saturated rings. The number of rotatable bonds is 4. The molecule has 0 saturated carbocycles. The maximum absolute atomic E-state index is 9.36. The number of hydrazone groups is 1. The number of nitrogens with zero attached hydrogens (tertiary/aromatic N) is 3. The normalized spacial score (nSPS) is 11.1. The Morgan fingerprint density at radius 3 is 2.75 bits per heavy atom. The van der Waals surface area contributed by atoms with Crippen LogP contribution in [0.3, 0.4) is 0 Å². The van der Waals surface area contributed by atoms with Crippen molar-refractivity contribution in [3.05, 3.63) is 69.0 Å². The van der Waals surface area contributed by atoms with Gasteiger partial charge in [-0.15, -0.1) is 11.3 Å². The van der Waals surface area contributed by atoms with E-state index in [2.05, 4.69) is 37.5 Å². The van der Waals surface area contributed by atoms with Crippen LogP contribution in [-0.2, 0) is 0 Å². The molecule has 24 heavy (non-hydrogen) atoms. The van der Waals surface area contributed by atoms with Gasteiger partial charge in [0.1, 0.15) is 6.07 Å². The summed E-state index contributed by atoms with van der Waals surface area (Å²) in [5, 5.41) is 16.1. The van der Waals surface area contributed by atoms with Crippen LogP contribution in [-0.4, -0.2) is 10.7 Å². The zero-order valence-electron chi connectivity index (χ0n) is 12.8. The molecule has 0 aliphatic heterocycles. The summed E-state index contributed by atoms with van der Waals surface area (Å²) in [7, 11) is 0. The number of anilines is 1. The van der Waals surface area contributed by atoms with Gasteiger partial charge in [-0.25, -0.2) is 4.98 Å². The molecule has 2 aromatic carbocycles. The van der Waals surface area contributed by atoms with E-state index in [1.54, 1.807) is 0 Å². The Morgan fingerprint density at radius 1 is 1.25 bits per heavy atom. The predicted octanol–water partition coefficient (Wildman–Crippen LogP) is 5.22. The van der Waals surface area contributed by atoms with Gasteiger partial charge in [-0.05, 0) is 31.2 Å². The molecular weight excluding hydrogens is 384 g/mol. The summed E-state index contributed by atoms with van der Waals surface area (Å²) in [6, 6.07) is 17.8. The highest BCUT2D eigenvalue weighted by Gasteiger charge is 2.10. The smallest absolute Gasteiger partial charge is 0.196 e. The molecule has 1 heterocycles. The highest BCUT2D eigenvalue weighted by Crippen LogP contribution is 2.25. The molecule has 4 nitrogen and oxygen atoms in total. The van der Waals surface area contributed by atoms with Gasteiger partial charge in [-0.2, -0.15) is 10.4 Å². The van der Waals surface area contributed by atoms with Crippen LogP contribution in [0.5, 0.6) is 0 Å². The van der Waals surface area contributed by atoms with Crippen molar-refractivity contribution < 1.29 is 0 Å². The number of nitriles is 1. The third kappa shape index (κ3) is 3.88. The fraction of sp³-hybridized carbons (Fsp3) is 0.0556. The summed E-state index contributed by atoms with van der Waals surface area (Å²) in [5.74, 6) is 0. The first-order valence-electron chi connectivity index (χ1n) is 7.18. The highest BCUT2D eigenvalue weighted by molar-refractivity contribution is 9.10. The molecular formula is C18H13BrN4S. The predicted molar refractivity (Wildman–Crippen MR) is 102 cm³/mol. The molecule has 0 aliphatic carbocycles. The second-order valence-electron chi connectivity index (χ2n) is 5.10. The first-order valence-corrected chi connectivity index (χ1v) is 8.85. The second-order valence-corrected chi connectivity index (χ2v) is 6.87. The lowest BCUT2D eigenvalue weighted by molar-refractivity contribution is 1.30. The summed E-state index contributed by atoms with van der Waals surface area (Å²) < 4.78 is 0.991. The van der Waals surface area contributed by atoms with Crippen molar-refractivity contribution >= 4 is 38.7 Å². The van der Waals surface area contributed by atoms with Crippen molar-refractivity contribution in [3.63, 3.8) is 0 Å². The number of hydrogen-bond donors (Lipinski definition) is 1. The van der Waals surface area contributed by atoms with E-state index in [0.717, 1.165) is 21.4 Å². The average molecular weight is 397 g/mol. The Morgan fingerprint density at radius 2 is 2.04 bits per heavy atom. The maximum atomic E-state index is 9.36. The average Bonchev–Trinajstić information content (AvgIpc) is 3.07. The van der Waals surface area contributed by atoms with Crippen molar-refractivity contribution in [2.24, 2.45) is 5.10 Å². The van der Waals surface area contributed by atoms with Gasteiger partial charge in [0.25, 0.3) is 0 Å². The Labute approximate surface area is 152 Å². The summed E-state index contributed by atoms with van der Waals surface area (Å²) in [6.07, 6.45) is 0. The zero-order chi connectivity index (χ0) is 16.9. The van der Waals surface area contributed by atoms with Gasteiger partial charge in [-0.3, -0.25) is 5.43 Å². The van der Waals surface area contributed by atoms with E-state index < -0.39 is 0 Å². The lowest BCUT2D eigenvalue weighted by Crippen LogP contribution is -2.01. The van der Waals surface area contributed by atoms with Crippen molar-refractivity contribution in [2.45, 2.75) is 6.92 Å². The van der Waals surface area contributed by atoms with Crippen molar-refractivity contribution in [2.75, 3.05) is 5.43 Å². The largest absolute Gasteiger partial charge is 0.277 e. The van der Waals surface area contributed by atoms with Crippen molar-refractivity contribution in [1.29, 1.82) is 5.26 Å². The Kier molecular flexibility index (Phi) is 5.04. The topological polar surface area (TPSA) is 61.1 Å². The van der Waals surface area contributed by atoms with E-state index in [1.807, 2.05) is 60.8 Å². The lowest BCUT2D eigenvalue weighted by Gasteiger charge is -2.01. The molecule has 0 radical (unpaired) electrons. The van der Waals surface area contributed by atoms with E-state index in [9.17, 15) is 5.26 Å². The fourth-order valence-corrected chi connectivity index (χ4v) is 3.20. The Balaban J connectivity index is 1.83. The number of thiazole rings is 1. The van der Waals surface area contributed by atoms with Crippen LogP contribution >= 0.6 is 27.3 Å². The summed E-state index contributed by atoms with van der Waals surface area (Å²) in [5.41, 5.74) is 6.99. The van der Waals surface area contributed by atoms with E-state index in [4.69, 9.17) is 0 Å². The van der Waals surface area contributed by atoms with Gasteiger partial charge in [-0.1, -0.05) is 45.8 Å². The Hall–Kier alpha value is -2.49. The minimum Gasteiger partial charge on any atom is -0.277 e. The van der Waals surface area contributed by atoms with Crippen LogP contribution < -0.4 is 5.43 Å². The van der Waals surface area contributed by atoms with Crippen molar-refractivity contribution in [3.8, 4) is 17.3 Å². The fourth-order valence-electron chi connectivity index (χ4n) is 2.03. The molecule has 0 atom stereocenters.